The van der Waals surface area contributed by atoms with Crippen LogP contribution >= 0.6 is 0 Å². The molecule has 2 N–H and O–H groups in total. The topological polar surface area (TPSA) is 77.8 Å². The first-order valence-corrected chi connectivity index (χ1v) is 7.16. The van der Waals surface area contributed by atoms with Crippen molar-refractivity contribution < 1.29 is 18.0 Å². The van der Waals surface area contributed by atoms with E-state index in [1.165, 1.54) is 31.3 Å². The molecule has 0 radical (unpaired) electrons. The lowest BCUT2D eigenvalue weighted by atomic mass is 10.1. The molecule has 0 unspecified atom stereocenters. The number of rotatable bonds is 1. The van der Waals surface area contributed by atoms with E-state index in [2.05, 4.69) is 15.6 Å². The van der Waals surface area contributed by atoms with Gasteiger partial charge in [0, 0.05) is 17.8 Å². The lowest BCUT2D eigenvalue weighted by Crippen LogP contribution is -2.11. The minimum Gasteiger partial charge on any atom is -0.353 e. The van der Waals surface area contributed by atoms with Crippen molar-refractivity contribution in [2.75, 3.05) is 10.6 Å². The van der Waals surface area contributed by atoms with Gasteiger partial charge in [-0.05, 0) is 36.8 Å². The van der Waals surface area contributed by atoms with Crippen LogP contribution in [0.4, 0.5) is 24.5 Å². The van der Waals surface area contributed by atoms with Gasteiger partial charge in [0.2, 0.25) is 0 Å². The Labute approximate surface area is 140 Å². The fourth-order valence-corrected chi connectivity index (χ4v) is 2.52. The molecule has 1 aliphatic heterocycles. The van der Waals surface area contributed by atoms with Crippen LogP contribution in [0.2, 0.25) is 0 Å². The molecule has 1 aromatic carbocycles. The molecule has 0 spiro atoms. The molecule has 0 fully saturated rings. The number of nitrogens with one attached hydrogen (secondary N) is 2. The Morgan fingerprint density at radius 2 is 1.88 bits per heavy atom. The quantitative estimate of drug-likeness (QED) is 0.827. The Hall–Kier alpha value is -3.34. The first kappa shape index (κ1) is 16.5. The maximum Gasteiger partial charge on any atom is 0.416 e. The van der Waals surface area contributed by atoms with Gasteiger partial charge in [0.1, 0.15) is 11.8 Å². The second-order valence-electron chi connectivity index (χ2n) is 5.42. The Bertz CT molecular complexity index is 942. The number of anilines is 2. The molecule has 2 heterocycles. The van der Waals surface area contributed by atoms with E-state index in [1.54, 1.807) is 6.07 Å². The number of fused-ring (bicyclic) bond motifs is 1. The van der Waals surface area contributed by atoms with E-state index < -0.39 is 17.6 Å². The predicted molar refractivity (Wildman–Crippen MR) is 85.4 cm³/mol. The summed E-state index contributed by atoms with van der Waals surface area (Å²) in [5, 5.41) is 14.3. The minimum atomic E-state index is -4.51. The smallest absolute Gasteiger partial charge is 0.353 e. The standard InChI is InChI=1S/C17H11F3N4O/c1-9-4-14-15(6-12(9)17(18,19)20)24-16(25)7-13(23-14)10-2-3-22-11(5-10)8-21/h2-7,23H,1H3,(H,24,25). The highest BCUT2D eigenvalue weighted by molar-refractivity contribution is 6.10. The van der Waals surface area contributed by atoms with Crippen LogP contribution < -0.4 is 10.6 Å². The third kappa shape index (κ3) is 3.30. The van der Waals surface area contributed by atoms with Gasteiger partial charge in [-0.1, -0.05) is 0 Å². The maximum absolute atomic E-state index is 13.1. The van der Waals surface area contributed by atoms with Gasteiger partial charge in [-0.15, -0.1) is 0 Å². The molecule has 25 heavy (non-hydrogen) atoms. The predicted octanol–water partition coefficient (Wildman–Crippen LogP) is 3.69. The van der Waals surface area contributed by atoms with Gasteiger partial charge in [-0.2, -0.15) is 18.4 Å². The monoisotopic (exact) mass is 344 g/mol. The highest BCUT2D eigenvalue weighted by atomic mass is 19.4. The first-order chi connectivity index (χ1) is 11.8. The summed E-state index contributed by atoms with van der Waals surface area (Å²) in [5.74, 6) is -0.575. The number of halogens is 3. The van der Waals surface area contributed by atoms with Gasteiger partial charge >= 0.3 is 6.18 Å². The van der Waals surface area contributed by atoms with E-state index in [4.69, 9.17) is 5.26 Å². The van der Waals surface area contributed by atoms with E-state index in [0.29, 0.717) is 16.9 Å². The highest BCUT2D eigenvalue weighted by Gasteiger charge is 2.33. The third-order valence-corrected chi connectivity index (χ3v) is 3.66. The molecule has 1 aliphatic rings. The number of hydrogen-bond acceptors (Lipinski definition) is 4. The summed E-state index contributed by atoms with van der Waals surface area (Å²) in [7, 11) is 0. The van der Waals surface area contributed by atoms with Crippen LogP contribution in [0.5, 0.6) is 0 Å². The molecule has 0 atom stereocenters. The van der Waals surface area contributed by atoms with Crippen molar-refractivity contribution >= 4 is 23.0 Å². The summed E-state index contributed by atoms with van der Waals surface area (Å²) in [4.78, 5) is 15.9. The molecule has 0 saturated heterocycles. The van der Waals surface area contributed by atoms with Crippen molar-refractivity contribution in [3.8, 4) is 6.07 Å². The van der Waals surface area contributed by atoms with Crippen molar-refractivity contribution in [1.29, 1.82) is 5.26 Å². The Morgan fingerprint density at radius 1 is 1.16 bits per heavy atom. The number of pyridine rings is 1. The Balaban J connectivity index is 2.07. The molecular weight excluding hydrogens is 333 g/mol. The zero-order chi connectivity index (χ0) is 18.2. The fourth-order valence-electron chi connectivity index (χ4n) is 2.52. The number of benzene rings is 1. The van der Waals surface area contributed by atoms with Gasteiger partial charge in [-0.3, -0.25) is 4.79 Å². The fraction of sp³-hybridized carbons (Fsp3) is 0.118. The number of nitrogens with zero attached hydrogens (tertiary/aromatic N) is 2. The van der Waals surface area contributed by atoms with Crippen LogP contribution in [0.25, 0.3) is 5.70 Å². The summed E-state index contributed by atoms with van der Waals surface area (Å²) < 4.78 is 39.2. The zero-order valence-electron chi connectivity index (χ0n) is 12.9. The summed E-state index contributed by atoms with van der Waals surface area (Å²) in [5.41, 5.74) is 0.617. The van der Waals surface area contributed by atoms with Gasteiger partial charge in [0.05, 0.1) is 22.6 Å². The lowest BCUT2D eigenvalue weighted by Gasteiger charge is -2.16. The third-order valence-electron chi connectivity index (χ3n) is 3.66. The molecule has 126 valence electrons. The lowest BCUT2D eigenvalue weighted by molar-refractivity contribution is -0.138. The molecule has 0 bridgehead atoms. The van der Waals surface area contributed by atoms with Crippen molar-refractivity contribution in [2.45, 2.75) is 13.1 Å². The molecule has 0 aliphatic carbocycles. The first-order valence-electron chi connectivity index (χ1n) is 7.16. The molecule has 2 aromatic rings. The maximum atomic E-state index is 13.1. The molecule has 1 amide bonds. The van der Waals surface area contributed by atoms with Crippen LogP contribution in [0.3, 0.4) is 0 Å². The number of nitriles is 1. The molecular formula is C17H11F3N4O. The minimum absolute atomic E-state index is 0.0293. The van der Waals surface area contributed by atoms with Gasteiger partial charge in [0.25, 0.3) is 5.91 Å². The van der Waals surface area contributed by atoms with E-state index >= 15 is 0 Å². The summed E-state index contributed by atoms with van der Waals surface area (Å²) in [6, 6.07) is 7.19. The van der Waals surface area contributed by atoms with Crippen LogP contribution in [0.1, 0.15) is 22.4 Å². The van der Waals surface area contributed by atoms with Crippen LogP contribution in [-0.4, -0.2) is 10.9 Å². The summed E-state index contributed by atoms with van der Waals surface area (Å²) in [6.07, 6.45) is -1.88. The normalized spacial score (nSPS) is 13.7. The van der Waals surface area contributed by atoms with Crippen molar-refractivity contribution in [3.63, 3.8) is 0 Å². The Morgan fingerprint density at radius 3 is 2.56 bits per heavy atom. The number of amides is 1. The summed E-state index contributed by atoms with van der Waals surface area (Å²) >= 11 is 0. The molecule has 3 rings (SSSR count). The van der Waals surface area contributed by atoms with Crippen molar-refractivity contribution in [2.24, 2.45) is 0 Å². The van der Waals surface area contributed by atoms with Gasteiger partial charge in [0.15, 0.2) is 0 Å². The van der Waals surface area contributed by atoms with E-state index in [1.807, 2.05) is 6.07 Å². The Kier molecular flexibility index (Phi) is 3.93. The number of aryl methyl sites for hydroxylation is 1. The van der Waals surface area contributed by atoms with Crippen molar-refractivity contribution in [1.82, 2.24) is 4.98 Å². The van der Waals surface area contributed by atoms with Gasteiger partial charge < -0.3 is 10.6 Å². The molecule has 1 aromatic heterocycles. The molecule has 0 saturated carbocycles. The number of hydrogen-bond donors (Lipinski definition) is 2. The van der Waals surface area contributed by atoms with E-state index in [-0.39, 0.29) is 16.9 Å². The van der Waals surface area contributed by atoms with E-state index in [0.717, 1.165) is 6.07 Å². The second-order valence-corrected chi connectivity index (χ2v) is 5.42. The average molecular weight is 344 g/mol. The van der Waals surface area contributed by atoms with Crippen LogP contribution in [0, 0.1) is 18.3 Å². The average Bonchev–Trinajstić information content (AvgIpc) is 2.71. The second kappa shape index (κ2) is 5.94. The highest BCUT2D eigenvalue weighted by Crippen LogP contribution is 2.38. The number of aromatic nitrogens is 1. The number of carbonyl (C=O) groups is 1. The van der Waals surface area contributed by atoms with Crippen LogP contribution in [-0.2, 0) is 11.0 Å². The van der Waals surface area contributed by atoms with Crippen LogP contribution in [0.15, 0.2) is 36.5 Å². The van der Waals surface area contributed by atoms with Crippen molar-refractivity contribution in [3.05, 3.63) is 58.9 Å². The van der Waals surface area contributed by atoms with E-state index in [9.17, 15) is 18.0 Å². The largest absolute Gasteiger partial charge is 0.416 e. The number of carbonyl (C=O) groups excluding carboxylic acids is 1. The SMILES string of the molecule is Cc1cc2c(cc1C(F)(F)F)NC(=O)C=C(c1ccnc(C#N)c1)N2. The zero-order valence-corrected chi connectivity index (χ0v) is 12.9. The molecule has 8 heteroatoms. The number of alkyl halides is 3. The molecule has 5 nitrogen and oxygen atoms in total. The summed E-state index contributed by atoms with van der Waals surface area (Å²) in [6.45, 7) is 1.35. The van der Waals surface area contributed by atoms with Gasteiger partial charge in [-0.25, -0.2) is 4.98 Å².